The van der Waals surface area contributed by atoms with E-state index >= 15 is 0 Å². The number of hydrogen-bond acceptors (Lipinski definition) is 12. The van der Waals surface area contributed by atoms with E-state index in [-0.39, 0.29) is 79.5 Å². The second-order valence-corrected chi connectivity index (χ2v) is 9.03. The van der Waals surface area contributed by atoms with Crippen LogP contribution in [0.2, 0.25) is 0 Å². The van der Waals surface area contributed by atoms with E-state index in [1.165, 1.54) is 0 Å². The van der Waals surface area contributed by atoms with Gasteiger partial charge in [-0.1, -0.05) is 0 Å². The van der Waals surface area contributed by atoms with Crippen molar-refractivity contribution in [3.8, 4) is 0 Å². The van der Waals surface area contributed by atoms with Crippen molar-refractivity contribution < 1.29 is 64.3 Å². The summed E-state index contributed by atoms with van der Waals surface area (Å²) in [6, 6.07) is 0.0161. The Morgan fingerprint density at radius 2 is 0.698 bits per heavy atom. The maximum Gasteiger partial charge on any atom is 0.300 e. The highest BCUT2D eigenvalue weighted by molar-refractivity contribution is 6.00. The largest absolute Gasteiger partial charge is 0.481 e. The molecule has 4 atom stereocenters. The summed E-state index contributed by atoms with van der Waals surface area (Å²) in [6.07, 6.45) is 0. The molecule has 43 heavy (non-hydrogen) atoms. The van der Waals surface area contributed by atoms with E-state index in [1.807, 2.05) is 27.7 Å². The van der Waals surface area contributed by atoms with Gasteiger partial charge < -0.3 is 37.4 Å². The molecule has 2 rings (SSSR count). The van der Waals surface area contributed by atoms with Gasteiger partial charge in [-0.15, -0.1) is 0 Å². The van der Waals surface area contributed by atoms with Crippen LogP contribution in [0.25, 0.3) is 0 Å². The second kappa shape index (κ2) is 26.8. The molecule has 0 radical (unpaired) electrons. The third kappa shape index (κ3) is 38.0. The van der Waals surface area contributed by atoms with E-state index in [9.17, 15) is 19.2 Å². The summed E-state index contributed by atoms with van der Waals surface area (Å²) in [5, 5.41) is 34.2. The fourth-order valence-electron chi connectivity index (χ4n) is 2.50. The van der Waals surface area contributed by atoms with Crippen molar-refractivity contribution >= 4 is 47.5 Å². The highest BCUT2D eigenvalue weighted by Gasteiger charge is 2.34. The predicted octanol–water partition coefficient (Wildman–Crippen LogP) is -3.10. The van der Waals surface area contributed by atoms with Gasteiger partial charge in [0.05, 0.1) is 26.2 Å². The molecule has 0 spiro atoms. The first-order valence-corrected chi connectivity index (χ1v) is 12.4. The summed E-state index contributed by atoms with van der Waals surface area (Å²) in [4.78, 5) is 85.0. The molecule has 0 aromatic carbocycles. The van der Waals surface area contributed by atoms with Crippen molar-refractivity contribution in [3.63, 3.8) is 0 Å². The van der Waals surface area contributed by atoms with Crippen LogP contribution in [0.1, 0.15) is 55.4 Å². The Morgan fingerprint density at radius 1 is 0.558 bits per heavy atom. The predicted molar refractivity (Wildman–Crippen MR) is 153 cm³/mol. The quantitative estimate of drug-likeness (QED) is 0.143. The molecular weight excluding hydrogens is 580 g/mol. The topological polar surface area (TPSA) is 332 Å². The Morgan fingerprint density at radius 3 is 0.814 bits per heavy atom. The average molecular weight is 629 g/mol. The summed E-state index contributed by atoms with van der Waals surface area (Å²) in [7, 11) is 0. The number of carboxylic acid groups (broad SMARTS) is 4. The highest BCUT2D eigenvalue weighted by atomic mass is 16.4. The first kappa shape index (κ1) is 48.7. The van der Waals surface area contributed by atoms with Crippen LogP contribution in [0.5, 0.6) is 0 Å². The number of aliphatic carboxylic acids is 4. The van der Waals surface area contributed by atoms with Gasteiger partial charge in [0.15, 0.2) is 0 Å². The van der Waals surface area contributed by atoms with Crippen LogP contribution in [0.3, 0.4) is 0 Å². The SMILES string of the molecule is CC(=O)O.CC(=O)O.CC(=O)O.CC(=O)O.CC(C(C)N1CC(=O)NC(=O)C1)N1CC(=O)NC(=O)C1.CC(N)C(C)N.O. The molecule has 0 aromatic rings. The van der Waals surface area contributed by atoms with Gasteiger partial charge >= 0.3 is 0 Å². The van der Waals surface area contributed by atoms with Gasteiger partial charge in [-0.3, -0.25) is 58.8 Å². The molecule has 0 aliphatic carbocycles. The summed E-state index contributed by atoms with van der Waals surface area (Å²) in [6.45, 7) is 12.5. The monoisotopic (exact) mass is 628 g/mol. The van der Waals surface area contributed by atoms with Crippen LogP contribution in [0.4, 0.5) is 0 Å². The smallest absolute Gasteiger partial charge is 0.300 e. The number of carbonyl (C=O) groups is 8. The van der Waals surface area contributed by atoms with Gasteiger partial charge in [0.1, 0.15) is 0 Å². The summed E-state index contributed by atoms with van der Waals surface area (Å²) in [5.41, 5.74) is 10.6. The molecule has 19 heteroatoms. The van der Waals surface area contributed by atoms with Gasteiger partial charge in [0, 0.05) is 51.9 Å². The Kier molecular flexibility index (Phi) is 30.4. The van der Waals surface area contributed by atoms with E-state index in [0.717, 1.165) is 27.7 Å². The van der Waals surface area contributed by atoms with E-state index in [1.54, 1.807) is 9.80 Å². The van der Waals surface area contributed by atoms with Gasteiger partial charge in [0.25, 0.3) is 23.9 Å². The standard InChI is InChI=1S/C12H18N4O4.C4H12N2.4C2H4O2.H2O/c1-7(15-3-9(17)13-10(18)4-15)8(2)16-5-11(19)14-12(20)6-16;1-3(5)4(2)6;4*1-2(3)4;/h7-8H,3-6H2,1-2H3,(H,13,17,18)(H,14,19,20);3-4H,5-6H2,1-2H3;4*1H3,(H,3,4);1H2. The van der Waals surface area contributed by atoms with Crippen LogP contribution in [0, 0.1) is 0 Å². The molecule has 252 valence electrons. The number of rotatable bonds is 4. The van der Waals surface area contributed by atoms with E-state index in [0.29, 0.717) is 0 Å². The number of piperazine rings is 2. The van der Waals surface area contributed by atoms with Crippen molar-refractivity contribution in [1.29, 1.82) is 0 Å². The summed E-state index contributed by atoms with van der Waals surface area (Å²) < 4.78 is 0. The number of carbonyl (C=O) groups excluding carboxylic acids is 4. The van der Waals surface area contributed by atoms with E-state index in [4.69, 9.17) is 51.1 Å². The highest BCUT2D eigenvalue weighted by Crippen LogP contribution is 2.13. The summed E-state index contributed by atoms with van der Waals surface area (Å²) in [5.74, 6) is -4.64. The number of carboxylic acids is 4. The molecule has 0 saturated carbocycles. The van der Waals surface area contributed by atoms with Crippen LogP contribution < -0.4 is 22.1 Å². The van der Waals surface area contributed by atoms with Gasteiger partial charge in [-0.2, -0.15) is 0 Å². The lowest BCUT2D eigenvalue weighted by Gasteiger charge is -2.40. The molecule has 4 amide bonds. The minimum atomic E-state index is -0.833. The molecule has 12 N–H and O–H groups in total. The van der Waals surface area contributed by atoms with Crippen LogP contribution in [0.15, 0.2) is 0 Å². The minimum absolute atomic E-state index is 0. The molecular formula is C24H48N6O13. The van der Waals surface area contributed by atoms with Gasteiger partial charge in [-0.25, -0.2) is 0 Å². The molecule has 2 saturated heterocycles. The Hall–Kier alpha value is -4.04. The molecule has 2 fully saturated rings. The summed E-state index contributed by atoms with van der Waals surface area (Å²) >= 11 is 0. The lowest BCUT2D eigenvalue weighted by Crippen LogP contribution is -2.61. The fraction of sp³-hybridized carbons (Fsp3) is 0.667. The first-order valence-electron chi connectivity index (χ1n) is 12.4. The third-order valence-electron chi connectivity index (χ3n) is 4.62. The maximum atomic E-state index is 11.4. The molecule has 2 heterocycles. The minimum Gasteiger partial charge on any atom is -0.481 e. The number of hydrogen-bond donors (Lipinski definition) is 8. The molecule has 4 unspecified atom stereocenters. The Bertz CT molecular complexity index is 768. The second-order valence-electron chi connectivity index (χ2n) is 9.03. The van der Waals surface area contributed by atoms with Crippen molar-refractivity contribution in [3.05, 3.63) is 0 Å². The van der Waals surface area contributed by atoms with Gasteiger partial charge in [0.2, 0.25) is 23.6 Å². The van der Waals surface area contributed by atoms with Crippen LogP contribution >= 0.6 is 0 Å². The van der Waals surface area contributed by atoms with E-state index in [2.05, 4.69) is 10.6 Å². The average Bonchev–Trinajstić information content (AvgIpc) is 2.75. The number of nitrogens with zero attached hydrogens (tertiary/aromatic N) is 2. The Labute approximate surface area is 249 Å². The number of nitrogens with two attached hydrogens (primary N) is 2. The third-order valence-corrected chi connectivity index (χ3v) is 4.62. The fourth-order valence-corrected chi connectivity index (χ4v) is 2.50. The number of amides is 4. The lowest BCUT2D eigenvalue weighted by molar-refractivity contribution is -0.141. The van der Waals surface area contributed by atoms with Crippen molar-refractivity contribution in [2.24, 2.45) is 11.5 Å². The van der Waals surface area contributed by atoms with Crippen molar-refractivity contribution in [2.45, 2.75) is 79.6 Å². The number of nitrogens with one attached hydrogen (secondary N) is 2. The lowest BCUT2D eigenvalue weighted by atomic mass is 10.1. The zero-order valence-corrected chi connectivity index (χ0v) is 25.7. The zero-order valence-electron chi connectivity index (χ0n) is 25.7. The van der Waals surface area contributed by atoms with Crippen molar-refractivity contribution in [2.75, 3.05) is 26.2 Å². The normalized spacial score (nSPS) is 16.8. The maximum absolute atomic E-state index is 11.4. The van der Waals surface area contributed by atoms with Crippen LogP contribution in [-0.2, 0) is 38.4 Å². The van der Waals surface area contributed by atoms with Gasteiger partial charge in [-0.05, 0) is 27.7 Å². The molecule has 2 aliphatic rings. The van der Waals surface area contributed by atoms with E-state index < -0.39 is 23.9 Å². The van der Waals surface area contributed by atoms with Crippen LogP contribution in [-0.4, -0.2) is 134 Å². The number of imide groups is 2. The Balaban J connectivity index is -0.000000172. The first-order chi connectivity index (χ1) is 18.9. The molecule has 2 aliphatic heterocycles. The zero-order chi connectivity index (χ0) is 34.3. The molecule has 0 bridgehead atoms. The molecule has 0 aromatic heterocycles. The molecule has 19 nitrogen and oxygen atoms in total. The van der Waals surface area contributed by atoms with Crippen molar-refractivity contribution in [1.82, 2.24) is 20.4 Å².